The van der Waals surface area contributed by atoms with Crippen LogP contribution in [0.3, 0.4) is 0 Å². The molecule has 0 saturated heterocycles. The van der Waals surface area contributed by atoms with Crippen molar-refractivity contribution in [2.24, 2.45) is 0 Å². The van der Waals surface area contributed by atoms with Crippen LogP contribution < -0.4 is 0 Å². The molecule has 0 unspecified atom stereocenters. The van der Waals surface area contributed by atoms with E-state index in [1.165, 1.54) is 11.3 Å². The molecule has 0 bridgehead atoms. The van der Waals surface area contributed by atoms with E-state index < -0.39 is 0 Å². The monoisotopic (exact) mass is 230 g/mol. The second-order valence-electron chi connectivity index (χ2n) is 2.37. The highest BCUT2D eigenvalue weighted by Gasteiger charge is 2.03. The van der Waals surface area contributed by atoms with E-state index in [1.54, 1.807) is 0 Å². The quantitative estimate of drug-likeness (QED) is 0.750. The molecule has 0 aliphatic heterocycles. The molecule has 0 fully saturated rings. The lowest BCUT2D eigenvalue weighted by atomic mass is 10.2. The summed E-state index contributed by atoms with van der Waals surface area (Å²) in [7, 11) is 0. The first-order valence-electron chi connectivity index (χ1n) is 3.50. The van der Waals surface area contributed by atoms with E-state index in [2.05, 4.69) is 10.2 Å². The Morgan fingerprint density at radius 2 is 1.69 bits per heavy atom. The second-order valence-corrected chi connectivity index (χ2v) is 4.36. The van der Waals surface area contributed by atoms with E-state index >= 15 is 0 Å². The summed E-state index contributed by atoms with van der Waals surface area (Å²) >= 11 is 12.8. The highest BCUT2D eigenvalue weighted by atomic mass is 35.5. The van der Waals surface area contributed by atoms with E-state index in [0.29, 0.717) is 9.49 Å². The minimum atomic E-state index is 0.449. The third-order valence-electron chi connectivity index (χ3n) is 1.49. The first-order chi connectivity index (χ1) is 6.25. The SMILES string of the molecule is Clc1ccc(-c2nnc(Cl)s2)cc1. The Kier molecular flexibility index (Phi) is 2.49. The van der Waals surface area contributed by atoms with Crippen molar-refractivity contribution in [1.29, 1.82) is 0 Å². The minimum Gasteiger partial charge on any atom is -0.137 e. The topological polar surface area (TPSA) is 25.8 Å². The molecular formula is C8H4Cl2N2S. The molecular weight excluding hydrogens is 227 g/mol. The summed E-state index contributed by atoms with van der Waals surface area (Å²) in [4.78, 5) is 0. The molecule has 0 spiro atoms. The van der Waals surface area contributed by atoms with Crippen molar-refractivity contribution in [2.45, 2.75) is 0 Å². The molecule has 0 amide bonds. The maximum atomic E-state index is 5.75. The second kappa shape index (κ2) is 3.62. The summed E-state index contributed by atoms with van der Waals surface area (Å²) in [5.74, 6) is 0. The summed E-state index contributed by atoms with van der Waals surface area (Å²) < 4.78 is 0.449. The first kappa shape index (κ1) is 8.94. The zero-order valence-electron chi connectivity index (χ0n) is 6.37. The number of hydrogen-bond donors (Lipinski definition) is 0. The fourth-order valence-corrected chi connectivity index (χ4v) is 1.87. The van der Waals surface area contributed by atoms with Gasteiger partial charge in [-0.3, -0.25) is 0 Å². The normalized spacial score (nSPS) is 10.3. The summed E-state index contributed by atoms with van der Waals surface area (Å²) in [5.41, 5.74) is 0.980. The molecule has 0 atom stereocenters. The van der Waals surface area contributed by atoms with Gasteiger partial charge in [0.1, 0.15) is 5.01 Å². The van der Waals surface area contributed by atoms with Crippen molar-refractivity contribution in [3.8, 4) is 10.6 Å². The van der Waals surface area contributed by atoms with Crippen LogP contribution in [0.1, 0.15) is 0 Å². The number of halogens is 2. The van der Waals surface area contributed by atoms with Gasteiger partial charge in [-0.25, -0.2) is 0 Å². The van der Waals surface area contributed by atoms with Gasteiger partial charge in [0.15, 0.2) is 0 Å². The van der Waals surface area contributed by atoms with Gasteiger partial charge >= 0.3 is 0 Å². The van der Waals surface area contributed by atoms with E-state index in [1.807, 2.05) is 24.3 Å². The molecule has 5 heteroatoms. The van der Waals surface area contributed by atoms with Crippen LogP contribution >= 0.6 is 34.5 Å². The third kappa shape index (κ3) is 1.99. The van der Waals surface area contributed by atoms with Crippen molar-refractivity contribution in [2.75, 3.05) is 0 Å². The molecule has 0 aliphatic carbocycles. The standard InChI is InChI=1S/C8H4Cl2N2S/c9-6-3-1-5(2-4-6)7-11-12-8(10)13-7/h1-4H. The predicted octanol–water partition coefficient (Wildman–Crippen LogP) is 3.51. The van der Waals surface area contributed by atoms with Crippen LogP contribution in [-0.4, -0.2) is 10.2 Å². The van der Waals surface area contributed by atoms with Gasteiger partial charge in [-0.15, -0.1) is 10.2 Å². The van der Waals surface area contributed by atoms with E-state index in [-0.39, 0.29) is 0 Å². The lowest BCUT2D eigenvalue weighted by molar-refractivity contribution is 1.10. The molecule has 13 heavy (non-hydrogen) atoms. The Morgan fingerprint density at radius 3 is 2.23 bits per heavy atom. The number of rotatable bonds is 1. The Morgan fingerprint density at radius 1 is 1.00 bits per heavy atom. The lowest BCUT2D eigenvalue weighted by Crippen LogP contribution is -1.75. The smallest absolute Gasteiger partial charge is 0.137 e. The Balaban J connectivity index is 2.41. The van der Waals surface area contributed by atoms with Gasteiger partial charge in [0.05, 0.1) is 0 Å². The molecule has 0 N–H and O–H groups in total. The van der Waals surface area contributed by atoms with Gasteiger partial charge in [-0.1, -0.05) is 35.1 Å². The zero-order valence-corrected chi connectivity index (χ0v) is 8.70. The number of hydrogen-bond acceptors (Lipinski definition) is 3. The van der Waals surface area contributed by atoms with E-state index in [4.69, 9.17) is 23.2 Å². The van der Waals surface area contributed by atoms with Crippen LogP contribution in [0.5, 0.6) is 0 Å². The van der Waals surface area contributed by atoms with Crippen LogP contribution in [0.2, 0.25) is 9.49 Å². The van der Waals surface area contributed by atoms with Gasteiger partial charge in [0.25, 0.3) is 0 Å². The fraction of sp³-hybridized carbons (Fsp3) is 0. The number of aromatic nitrogens is 2. The van der Waals surface area contributed by atoms with Gasteiger partial charge < -0.3 is 0 Å². The van der Waals surface area contributed by atoms with Gasteiger partial charge in [-0.2, -0.15) is 0 Å². The van der Waals surface area contributed by atoms with Crippen LogP contribution in [0.25, 0.3) is 10.6 Å². The van der Waals surface area contributed by atoms with Crippen molar-refractivity contribution in [3.63, 3.8) is 0 Å². The van der Waals surface area contributed by atoms with Crippen LogP contribution in [0.15, 0.2) is 24.3 Å². The Hall–Kier alpha value is -0.640. The predicted molar refractivity (Wildman–Crippen MR) is 55.4 cm³/mol. The summed E-state index contributed by atoms with van der Waals surface area (Å²) in [6, 6.07) is 7.40. The minimum absolute atomic E-state index is 0.449. The molecule has 0 radical (unpaired) electrons. The van der Waals surface area contributed by atoms with Crippen LogP contribution in [0.4, 0.5) is 0 Å². The van der Waals surface area contributed by atoms with Crippen molar-refractivity contribution in [3.05, 3.63) is 33.8 Å². The molecule has 66 valence electrons. The summed E-state index contributed by atoms with van der Waals surface area (Å²) in [6.45, 7) is 0. The summed E-state index contributed by atoms with van der Waals surface area (Å²) in [5, 5.41) is 9.14. The third-order valence-corrected chi connectivity index (χ3v) is 2.81. The van der Waals surface area contributed by atoms with Crippen molar-refractivity contribution < 1.29 is 0 Å². The molecule has 2 nitrogen and oxygen atoms in total. The number of nitrogens with zero attached hydrogens (tertiary/aromatic N) is 2. The maximum Gasteiger partial charge on any atom is 0.207 e. The average molecular weight is 231 g/mol. The lowest BCUT2D eigenvalue weighted by Gasteiger charge is -1.93. The number of benzene rings is 1. The highest BCUT2D eigenvalue weighted by Crippen LogP contribution is 2.26. The van der Waals surface area contributed by atoms with Gasteiger partial charge in [0, 0.05) is 10.6 Å². The average Bonchev–Trinajstić information content (AvgIpc) is 2.53. The molecule has 1 heterocycles. The molecule has 2 aromatic rings. The van der Waals surface area contributed by atoms with Crippen molar-refractivity contribution >= 4 is 34.5 Å². The zero-order chi connectivity index (χ0) is 9.26. The van der Waals surface area contributed by atoms with Crippen LogP contribution in [0, 0.1) is 0 Å². The van der Waals surface area contributed by atoms with Crippen molar-refractivity contribution in [1.82, 2.24) is 10.2 Å². The first-order valence-corrected chi connectivity index (χ1v) is 5.08. The molecule has 1 aromatic carbocycles. The Labute approximate surface area is 89.1 Å². The van der Waals surface area contributed by atoms with Crippen LogP contribution in [-0.2, 0) is 0 Å². The van der Waals surface area contributed by atoms with Gasteiger partial charge in [0.2, 0.25) is 4.47 Å². The highest BCUT2D eigenvalue weighted by molar-refractivity contribution is 7.18. The molecule has 0 saturated carbocycles. The summed E-state index contributed by atoms with van der Waals surface area (Å²) in [6.07, 6.45) is 0. The molecule has 1 aromatic heterocycles. The Bertz CT molecular complexity index is 410. The maximum absolute atomic E-state index is 5.75. The largest absolute Gasteiger partial charge is 0.207 e. The van der Waals surface area contributed by atoms with E-state index in [9.17, 15) is 0 Å². The van der Waals surface area contributed by atoms with E-state index in [0.717, 1.165) is 10.6 Å². The molecule has 0 aliphatic rings. The van der Waals surface area contributed by atoms with Gasteiger partial charge in [-0.05, 0) is 23.7 Å². The fourth-order valence-electron chi connectivity index (χ4n) is 0.914. The molecule has 2 rings (SSSR count).